The molecule has 1 aromatic carbocycles. The van der Waals surface area contributed by atoms with Crippen LogP contribution in [-0.2, 0) is 9.31 Å². The first-order chi connectivity index (χ1) is 10.3. The van der Waals surface area contributed by atoms with Crippen molar-refractivity contribution in [2.45, 2.75) is 38.9 Å². The lowest BCUT2D eigenvalue weighted by Crippen LogP contribution is -2.41. The molecule has 1 aliphatic rings. The first kappa shape index (κ1) is 15.7. The molecule has 4 nitrogen and oxygen atoms in total. The summed E-state index contributed by atoms with van der Waals surface area (Å²) in [6.45, 7) is 8.22. The van der Waals surface area contributed by atoms with Gasteiger partial charge in [0.05, 0.1) is 22.9 Å². The molecule has 1 N–H and O–H groups in total. The van der Waals surface area contributed by atoms with Crippen molar-refractivity contribution < 1.29 is 9.31 Å². The van der Waals surface area contributed by atoms with Crippen LogP contribution in [0, 0.1) is 0 Å². The largest absolute Gasteiger partial charge is 0.491 e. The van der Waals surface area contributed by atoms with Crippen LogP contribution in [0.3, 0.4) is 0 Å². The quantitative estimate of drug-likeness (QED) is 0.673. The zero-order valence-corrected chi connectivity index (χ0v) is 14.3. The van der Waals surface area contributed by atoms with Gasteiger partial charge in [0.2, 0.25) is 0 Å². The van der Waals surface area contributed by atoms with E-state index in [1.54, 1.807) is 0 Å². The fourth-order valence-electron chi connectivity index (χ4n) is 2.44. The van der Waals surface area contributed by atoms with Crippen molar-refractivity contribution in [3.05, 3.63) is 35.4 Å². The van der Waals surface area contributed by atoms with Crippen molar-refractivity contribution in [2.24, 2.45) is 0 Å². The summed E-state index contributed by atoms with van der Waals surface area (Å²) in [5.74, 6) is 0.581. The molecule has 1 saturated heterocycles. The number of aromatic amines is 1. The van der Waals surface area contributed by atoms with Crippen molar-refractivity contribution in [1.29, 1.82) is 0 Å². The molecule has 0 atom stereocenters. The molecule has 0 saturated carbocycles. The maximum atomic E-state index is 6.10. The van der Waals surface area contributed by atoms with E-state index in [9.17, 15) is 0 Å². The second kappa shape index (κ2) is 5.44. The third kappa shape index (κ3) is 2.71. The van der Waals surface area contributed by atoms with Gasteiger partial charge in [-0.1, -0.05) is 18.2 Å². The molecule has 2 heterocycles. The number of nitrogens with one attached hydrogen (secondary N) is 1. The van der Waals surface area contributed by atoms with Crippen LogP contribution in [-0.4, -0.2) is 34.3 Å². The molecule has 1 aromatic heterocycles. The monoisotopic (exact) mass is 316 g/mol. The van der Waals surface area contributed by atoms with E-state index in [0.29, 0.717) is 5.75 Å². The third-order valence-corrected chi connectivity index (χ3v) is 4.92. The number of nitrogens with zero attached hydrogens (tertiary/aromatic N) is 1. The Bertz CT molecular complexity index is 708. The fraction of sp³-hybridized carbons (Fsp3) is 0.438. The molecule has 0 amide bonds. The SMILES string of the molecule is CC1(C)OB(C(=Cc2ccc3cn[nH]c3c2)CS)OC1(C)C. The Labute approximate surface area is 136 Å². The van der Waals surface area contributed by atoms with E-state index >= 15 is 0 Å². The number of benzene rings is 1. The van der Waals surface area contributed by atoms with Gasteiger partial charge >= 0.3 is 7.12 Å². The van der Waals surface area contributed by atoms with Crippen LogP contribution in [0.1, 0.15) is 33.3 Å². The highest BCUT2D eigenvalue weighted by Gasteiger charge is 2.52. The molecule has 1 aliphatic heterocycles. The zero-order chi connectivity index (χ0) is 16.0. The van der Waals surface area contributed by atoms with Gasteiger partial charge in [-0.05, 0) is 44.8 Å². The van der Waals surface area contributed by atoms with Crippen LogP contribution in [0.25, 0.3) is 17.0 Å². The molecule has 0 radical (unpaired) electrons. The third-order valence-electron chi connectivity index (χ3n) is 4.56. The lowest BCUT2D eigenvalue weighted by molar-refractivity contribution is 0.00578. The summed E-state index contributed by atoms with van der Waals surface area (Å²) >= 11 is 4.45. The molecule has 116 valence electrons. The van der Waals surface area contributed by atoms with Crippen LogP contribution in [0.5, 0.6) is 0 Å². The minimum absolute atomic E-state index is 0.340. The predicted octanol–water partition coefficient (Wildman–Crippen LogP) is 3.51. The Morgan fingerprint density at radius 2 is 1.95 bits per heavy atom. The Hall–Kier alpha value is -1.24. The van der Waals surface area contributed by atoms with Crippen molar-refractivity contribution in [3.8, 4) is 0 Å². The molecule has 6 heteroatoms. The van der Waals surface area contributed by atoms with Crippen molar-refractivity contribution in [2.75, 3.05) is 5.75 Å². The van der Waals surface area contributed by atoms with Gasteiger partial charge in [0.15, 0.2) is 0 Å². The van der Waals surface area contributed by atoms with E-state index in [0.717, 1.165) is 21.9 Å². The summed E-state index contributed by atoms with van der Waals surface area (Å²) in [5, 5.41) is 8.13. The lowest BCUT2D eigenvalue weighted by Gasteiger charge is -2.32. The first-order valence-electron chi connectivity index (χ1n) is 7.42. The van der Waals surface area contributed by atoms with E-state index in [2.05, 4.69) is 68.7 Å². The average Bonchev–Trinajstić information content (AvgIpc) is 2.98. The number of fused-ring (bicyclic) bond motifs is 1. The van der Waals surface area contributed by atoms with Gasteiger partial charge in [-0.25, -0.2) is 0 Å². The molecule has 2 aromatic rings. The Morgan fingerprint density at radius 1 is 1.27 bits per heavy atom. The molecular weight excluding hydrogens is 295 g/mol. The molecular formula is C16H21BN2O2S. The Morgan fingerprint density at radius 3 is 2.59 bits per heavy atom. The van der Waals surface area contributed by atoms with Gasteiger partial charge in [0.1, 0.15) is 0 Å². The topological polar surface area (TPSA) is 47.1 Å². The van der Waals surface area contributed by atoms with Gasteiger partial charge < -0.3 is 9.31 Å². The predicted molar refractivity (Wildman–Crippen MR) is 94.0 cm³/mol. The van der Waals surface area contributed by atoms with E-state index in [4.69, 9.17) is 9.31 Å². The number of aromatic nitrogens is 2. The number of H-pyrrole nitrogens is 1. The highest BCUT2D eigenvalue weighted by Crippen LogP contribution is 2.39. The van der Waals surface area contributed by atoms with E-state index in [-0.39, 0.29) is 18.3 Å². The average molecular weight is 316 g/mol. The summed E-state index contributed by atoms with van der Waals surface area (Å²) in [7, 11) is -0.361. The first-order valence-corrected chi connectivity index (χ1v) is 8.06. The number of thiol groups is 1. The Balaban J connectivity index is 1.90. The van der Waals surface area contributed by atoms with Crippen molar-refractivity contribution in [1.82, 2.24) is 10.2 Å². The molecule has 0 aliphatic carbocycles. The molecule has 0 spiro atoms. The second-order valence-corrected chi connectivity index (χ2v) is 7.00. The summed E-state index contributed by atoms with van der Waals surface area (Å²) in [6.07, 6.45) is 3.89. The molecule has 3 rings (SSSR count). The van der Waals surface area contributed by atoms with Gasteiger partial charge in [-0.15, -0.1) is 0 Å². The van der Waals surface area contributed by atoms with Crippen LogP contribution in [0.15, 0.2) is 29.9 Å². The maximum Gasteiger partial charge on any atom is 0.491 e. The second-order valence-electron chi connectivity index (χ2n) is 6.68. The van der Waals surface area contributed by atoms with E-state index in [1.165, 1.54) is 0 Å². The normalized spacial score (nSPS) is 20.8. The highest BCUT2D eigenvalue weighted by molar-refractivity contribution is 7.80. The van der Waals surface area contributed by atoms with Crippen LogP contribution >= 0.6 is 12.6 Å². The number of hydrogen-bond acceptors (Lipinski definition) is 4. The molecule has 0 unspecified atom stereocenters. The standard InChI is InChI=1S/C16H21BN2O2S/c1-15(2)16(3,4)21-17(20-15)13(10-22)7-11-5-6-12-9-18-19-14(12)8-11/h5-9,22H,10H2,1-4H3,(H,18,19). The van der Waals surface area contributed by atoms with Crippen molar-refractivity contribution in [3.63, 3.8) is 0 Å². The van der Waals surface area contributed by atoms with Crippen molar-refractivity contribution >= 4 is 36.7 Å². The fourth-order valence-corrected chi connectivity index (χ4v) is 2.68. The van der Waals surface area contributed by atoms with Crippen LogP contribution < -0.4 is 0 Å². The minimum atomic E-state index is -0.361. The zero-order valence-electron chi connectivity index (χ0n) is 13.4. The molecule has 0 bridgehead atoms. The summed E-state index contributed by atoms with van der Waals surface area (Å²) in [4.78, 5) is 0. The van der Waals surface area contributed by atoms with Gasteiger partial charge in [0.25, 0.3) is 0 Å². The van der Waals surface area contributed by atoms with Crippen LogP contribution in [0.2, 0.25) is 0 Å². The smallest absolute Gasteiger partial charge is 0.400 e. The summed E-state index contributed by atoms with van der Waals surface area (Å²) in [6, 6.07) is 6.18. The Kier molecular flexibility index (Phi) is 3.87. The number of rotatable bonds is 3. The maximum absolute atomic E-state index is 6.10. The number of hydrogen-bond donors (Lipinski definition) is 2. The van der Waals surface area contributed by atoms with Crippen LogP contribution in [0.4, 0.5) is 0 Å². The van der Waals surface area contributed by atoms with E-state index < -0.39 is 0 Å². The lowest BCUT2D eigenvalue weighted by atomic mass is 9.78. The molecule has 22 heavy (non-hydrogen) atoms. The highest BCUT2D eigenvalue weighted by atomic mass is 32.1. The van der Waals surface area contributed by atoms with Gasteiger partial charge in [-0.3, -0.25) is 5.10 Å². The molecule has 1 fully saturated rings. The van der Waals surface area contributed by atoms with E-state index in [1.807, 2.05) is 12.3 Å². The van der Waals surface area contributed by atoms with Gasteiger partial charge in [0, 0.05) is 11.1 Å². The van der Waals surface area contributed by atoms with Gasteiger partial charge in [-0.2, -0.15) is 17.7 Å². The minimum Gasteiger partial charge on any atom is -0.400 e. The summed E-state index contributed by atoms with van der Waals surface area (Å²) in [5.41, 5.74) is 2.43. The summed E-state index contributed by atoms with van der Waals surface area (Å²) < 4.78 is 12.2.